The lowest BCUT2D eigenvalue weighted by molar-refractivity contribution is -0.151. The molecule has 2 rings (SSSR count). The molecule has 2 unspecified atom stereocenters. The van der Waals surface area contributed by atoms with Crippen molar-refractivity contribution in [2.24, 2.45) is 11.3 Å². The second-order valence-corrected chi connectivity index (χ2v) is 7.39. The summed E-state index contributed by atoms with van der Waals surface area (Å²) in [6.45, 7) is 9.81. The molecule has 2 atom stereocenters. The normalized spacial score (nSPS) is 27.0. The summed E-state index contributed by atoms with van der Waals surface area (Å²) in [5, 5.41) is 2.85. The number of hydrogen-bond donors (Lipinski definition) is 1. The lowest BCUT2D eigenvalue weighted by atomic mass is 9.84. The number of amides is 2. The van der Waals surface area contributed by atoms with Crippen LogP contribution in [0.5, 0.6) is 0 Å². The van der Waals surface area contributed by atoms with Gasteiger partial charge in [0.25, 0.3) is 0 Å². The standard InChI is InChI=1S/C16H28N2O3/c1-11-14(19)17-13(16(2,3)4)15(20)18(11)8-5-9-21-10-12-6-7-12/h11-13H,5-10H2,1-4H3,(H,17,19). The van der Waals surface area contributed by atoms with Gasteiger partial charge in [-0.25, -0.2) is 0 Å². The van der Waals surface area contributed by atoms with E-state index in [1.165, 1.54) is 12.8 Å². The van der Waals surface area contributed by atoms with Gasteiger partial charge in [0.05, 0.1) is 0 Å². The zero-order valence-electron chi connectivity index (χ0n) is 13.6. The van der Waals surface area contributed by atoms with Crippen LogP contribution in [0.2, 0.25) is 0 Å². The summed E-state index contributed by atoms with van der Waals surface area (Å²) in [6, 6.07) is -0.826. The first-order valence-electron chi connectivity index (χ1n) is 7.99. The Bertz CT molecular complexity index is 399. The third-order valence-corrected chi connectivity index (χ3v) is 4.27. The van der Waals surface area contributed by atoms with Crippen LogP contribution in [0.15, 0.2) is 0 Å². The molecule has 120 valence electrons. The van der Waals surface area contributed by atoms with Gasteiger partial charge >= 0.3 is 0 Å². The molecule has 1 saturated carbocycles. The Labute approximate surface area is 127 Å². The summed E-state index contributed by atoms with van der Waals surface area (Å²) < 4.78 is 5.60. The third-order valence-electron chi connectivity index (χ3n) is 4.27. The van der Waals surface area contributed by atoms with Crippen LogP contribution in [-0.4, -0.2) is 48.6 Å². The zero-order valence-corrected chi connectivity index (χ0v) is 13.6. The molecule has 21 heavy (non-hydrogen) atoms. The monoisotopic (exact) mass is 296 g/mol. The van der Waals surface area contributed by atoms with E-state index in [-0.39, 0.29) is 23.3 Å². The lowest BCUT2D eigenvalue weighted by Crippen LogP contribution is -2.65. The van der Waals surface area contributed by atoms with Gasteiger partial charge in [-0.15, -0.1) is 0 Å². The van der Waals surface area contributed by atoms with Crippen molar-refractivity contribution in [1.82, 2.24) is 10.2 Å². The van der Waals surface area contributed by atoms with Crippen LogP contribution in [0, 0.1) is 11.3 Å². The number of hydrogen-bond acceptors (Lipinski definition) is 3. The van der Waals surface area contributed by atoms with E-state index in [0.717, 1.165) is 18.9 Å². The van der Waals surface area contributed by atoms with Gasteiger partial charge in [0.2, 0.25) is 11.8 Å². The molecule has 2 fully saturated rings. The average Bonchev–Trinajstić information content (AvgIpc) is 3.19. The van der Waals surface area contributed by atoms with Gasteiger partial charge in [0, 0.05) is 19.8 Å². The number of ether oxygens (including phenoxy) is 1. The predicted molar refractivity (Wildman–Crippen MR) is 80.7 cm³/mol. The van der Waals surface area contributed by atoms with E-state index >= 15 is 0 Å². The molecule has 0 radical (unpaired) electrons. The minimum Gasteiger partial charge on any atom is -0.381 e. The molecule has 2 amide bonds. The fourth-order valence-electron chi connectivity index (χ4n) is 2.59. The summed E-state index contributed by atoms with van der Waals surface area (Å²) in [4.78, 5) is 26.3. The number of nitrogens with zero attached hydrogens (tertiary/aromatic N) is 1. The molecule has 0 bridgehead atoms. The topological polar surface area (TPSA) is 58.6 Å². The second-order valence-electron chi connectivity index (χ2n) is 7.39. The van der Waals surface area contributed by atoms with Crippen LogP contribution in [0.1, 0.15) is 47.0 Å². The largest absolute Gasteiger partial charge is 0.381 e. The smallest absolute Gasteiger partial charge is 0.246 e. The molecule has 0 aromatic heterocycles. The highest BCUT2D eigenvalue weighted by Crippen LogP contribution is 2.29. The maximum atomic E-state index is 12.6. The lowest BCUT2D eigenvalue weighted by Gasteiger charge is -2.42. The van der Waals surface area contributed by atoms with Gasteiger partial charge in [0.15, 0.2) is 0 Å². The van der Waals surface area contributed by atoms with Crippen LogP contribution in [-0.2, 0) is 14.3 Å². The van der Waals surface area contributed by atoms with E-state index in [1.807, 2.05) is 20.8 Å². The van der Waals surface area contributed by atoms with Crippen LogP contribution < -0.4 is 5.32 Å². The Kier molecular flexibility index (Phi) is 4.91. The van der Waals surface area contributed by atoms with Crippen LogP contribution in [0.25, 0.3) is 0 Å². The van der Waals surface area contributed by atoms with Crippen molar-refractivity contribution in [2.75, 3.05) is 19.8 Å². The zero-order chi connectivity index (χ0) is 15.6. The summed E-state index contributed by atoms with van der Waals surface area (Å²) >= 11 is 0. The van der Waals surface area contributed by atoms with Crippen LogP contribution in [0.3, 0.4) is 0 Å². The molecular weight excluding hydrogens is 268 g/mol. The highest BCUT2D eigenvalue weighted by atomic mass is 16.5. The van der Waals surface area contributed by atoms with Gasteiger partial charge in [0.1, 0.15) is 12.1 Å². The molecule has 0 aromatic carbocycles. The minimum absolute atomic E-state index is 0.0248. The Balaban J connectivity index is 1.85. The van der Waals surface area contributed by atoms with Crippen molar-refractivity contribution in [2.45, 2.75) is 59.0 Å². The second kappa shape index (κ2) is 6.34. The first-order chi connectivity index (χ1) is 9.80. The third kappa shape index (κ3) is 4.19. The molecule has 5 nitrogen and oxygen atoms in total. The van der Waals surface area contributed by atoms with Gasteiger partial charge in [-0.2, -0.15) is 0 Å². The molecule has 1 heterocycles. The van der Waals surface area contributed by atoms with Crippen molar-refractivity contribution < 1.29 is 14.3 Å². The number of rotatable bonds is 6. The predicted octanol–water partition coefficient (Wildman–Crippen LogP) is 1.56. The van der Waals surface area contributed by atoms with Crippen LogP contribution >= 0.6 is 0 Å². The number of nitrogens with one attached hydrogen (secondary N) is 1. The summed E-state index contributed by atoms with van der Waals surface area (Å²) in [6.07, 6.45) is 3.36. The molecule has 0 aromatic rings. The van der Waals surface area contributed by atoms with Crippen molar-refractivity contribution in [3.05, 3.63) is 0 Å². The number of piperazine rings is 1. The molecule has 1 aliphatic heterocycles. The highest BCUT2D eigenvalue weighted by Gasteiger charge is 2.43. The molecule has 1 aliphatic carbocycles. The van der Waals surface area contributed by atoms with Crippen molar-refractivity contribution >= 4 is 11.8 Å². The maximum absolute atomic E-state index is 12.6. The highest BCUT2D eigenvalue weighted by molar-refractivity contribution is 5.97. The van der Waals surface area contributed by atoms with Gasteiger partial charge in [-0.1, -0.05) is 20.8 Å². The maximum Gasteiger partial charge on any atom is 0.246 e. The molecule has 1 N–H and O–H groups in total. The van der Waals surface area contributed by atoms with E-state index in [1.54, 1.807) is 11.8 Å². The summed E-state index contributed by atoms with van der Waals surface area (Å²) in [5.74, 6) is 0.724. The molecule has 2 aliphatic rings. The Morgan fingerprint density at radius 3 is 2.52 bits per heavy atom. The molecule has 5 heteroatoms. The Morgan fingerprint density at radius 1 is 1.29 bits per heavy atom. The van der Waals surface area contributed by atoms with E-state index in [0.29, 0.717) is 13.2 Å². The van der Waals surface area contributed by atoms with E-state index < -0.39 is 6.04 Å². The minimum atomic E-state index is -0.436. The van der Waals surface area contributed by atoms with Crippen molar-refractivity contribution in [3.8, 4) is 0 Å². The SMILES string of the molecule is CC1C(=O)NC(C(C)(C)C)C(=O)N1CCCOCC1CC1. The first-order valence-corrected chi connectivity index (χ1v) is 7.99. The first kappa shape index (κ1) is 16.3. The van der Waals surface area contributed by atoms with Crippen LogP contribution in [0.4, 0.5) is 0 Å². The van der Waals surface area contributed by atoms with Gasteiger partial charge in [-0.05, 0) is 37.5 Å². The number of carbonyl (C=O) groups is 2. The number of carbonyl (C=O) groups excluding carboxylic acids is 2. The molecule has 0 spiro atoms. The quantitative estimate of drug-likeness (QED) is 0.757. The van der Waals surface area contributed by atoms with E-state index in [4.69, 9.17) is 4.74 Å². The Morgan fingerprint density at radius 2 is 1.95 bits per heavy atom. The Hall–Kier alpha value is -1.10. The fourth-order valence-corrected chi connectivity index (χ4v) is 2.59. The van der Waals surface area contributed by atoms with E-state index in [9.17, 15) is 9.59 Å². The average molecular weight is 296 g/mol. The molecular formula is C16H28N2O3. The summed E-state index contributed by atoms with van der Waals surface area (Å²) in [7, 11) is 0. The van der Waals surface area contributed by atoms with Gasteiger partial charge < -0.3 is 15.0 Å². The van der Waals surface area contributed by atoms with Crippen molar-refractivity contribution in [3.63, 3.8) is 0 Å². The van der Waals surface area contributed by atoms with Crippen molar-refractivity contribution in [1.29, 1.82) is 0 Å². The molecule has 1 saturated heterocycles. The van der Waals surface area contributed by atoms with E-state index in [2.05, 4.69) is 5.32 Å². The van der Waals surface area contributed by atoms with Gasteiger partial charge in [-0.3, -0.25) is 9.59 Å². The fraction of sp³-hybridized carbons (Fsp3) is 0.875. The summed E-state index contributed by atoms with van der Waals surface area (Å²) in [5.41, 5.74) is -0.270.